The topological polar surface area (TPSA) is 210 Å². The molecular weight excluding hydrogens is 1960 g/mol. The molecule has 0 heterocycles. The smallest absolute Gasteiger partial charge is 0.337 e. The first-order valence-electron chi connectivity index (χ1n) is 59.2. The number of allylic oxidation sites excluding steroid dienone is 38. The van der Waals surface area contributed by atoms with Crippen LogP contribution in [0.5, 0.6) is 0 Å². The number of carbonyl (C=O) groups excluding carboxylic acids is 1. The summed E-state index contributed by atoms with van der Waals surface area (Å²) in [4.78, 5) is 22.4. The van der Waals surface area contributed by atoms with E-state index in [0.29, 0.717) is 31.7 Å². The fourth-order valence-corrected chi connectivity index (χ4v) is 15.4. The van der Waals surface area contributed by atoms with Gasteiger partial charge in [-0.15, -0.1) is 0 Å². The van der Waals surface area contributed by atoms with Crippen molar-refractivity contribution < 1.29 is 49.2 Å². The van der Waals surface area contributed by atoms with Gasteiger partial charge in [-0.3, -0.25) is 13.8 Å². The zero-order valence-electron chi connectivity index (χ0n) is 96.0. The van der Waals surface area contributed by atoms with E-state index in [0.717, 1.165) is 217 Å². The zero-order chi connectivity index (χ0) is 110. The van der Waals surface area contributed by atoms with Gasteiger partial charge in [0.15, 0.2) is 0 Å². The third kappa shape index (κ3) is 171. The van der Waals surface area contributed by atoms with Crippen molar-refractivity contribution in [2.75, 3.05) is 31.1 Å². The number of carboxylic acids is 1. The number of rotatable bonds is 98. The molecule has 0 fully saturated rings. The summed E-state index contributed by atoms with van der Waals surface area (Å²) in [5.41, 5.74) is 0. The first kappa shape index (κ1) is 154. The van der Waals surface area contributed by atoms with Crippen molar-refractivity contribution in [3.63, 3.8) is 0 Å². The fourth-order valence-electron chi connectivity index (χ4n) is 14.5. The normalized spacial score (nSPS) is 12.4. The van der Waals surface area contributed by atoms with Gasteiger partial charge in [-0.2, -0.15) is 22.1 Å². The van der Waals surface area contributed by atoms with Crippen LogP contribution in [0.1, 0.15) is 543 Å². The molecule has 0 aromatic heterocycles. The highest BCUT2D eigenvalue weighted by Gasteiger charge is 2.19. The van der Waals surface area contributed by atoms with Gasteiger partial charge in [-0.05, 0) is 270 Å². The number of aliphatic hydroxyl groups excluding tert-OH is 1. The van der Waals surface area contributed by atoms with E-state index in [4.69, 9.17) is 19.7 Å². The number of ketones is 1. The number of halogens is 2. The number of hydrogen-bond acceptors (Lipinski definition) is 11. The minimum Gasteiger partial charge on any atom is -0.481 e. The second kappa shape index (κ2) is 142. The molecule has 0 aliphatic carbocycles. The summed E-state index contributed by atoms with van der Waals surface area (Å²) in [7, 11) is -7.37. The summed E-state index contributed by atoms with van der Waals surface area (Å²) in [6.45, 7) is 16.0. The van der Waals surface area contributed by atoms with Gasteiger partial charge in [0, 0.05) is 48.3 Å². The summed E-state index contributed by atoms with van der Waals surface area (Å²) in [6.07, 6.45) is 178. The van der Waals surface area contributed by atoms with Gasteiger partial charge in [0.05, 0.1) is 25.2 Å². The van der Waals surface area contributed by atoms with E-state index < -0.39 is 33.0 Å². The number of unbranched alkanes of at least 4 members (excludes halogenated alkanes) is 48. The Balaban J connectivity index is -0.000000321. The molecular formula is C130H227BrClNO11S3. The number of alkyl halides is 1. The molecule has 147 heavy (non-hydrogen) atoms. The second-order valence-corrected chi connectivity index (χ2v) is 47.5. The molecule has 0 unspecified atom stereocenters. The molecule has 2 N–H and O–H groups in total. The van der Waals surface area contributed by atoms with Crippen molar-refractivity contribution in [3.05, 3.63) is 231 Å². The zero-order valence-corrected chi connectivity index (χ0v) is 101. The van der Waals surface area contributed by atoms with E-state index in [9.17, 15) is 34.8 Å². The highest BCUT2D eigenvalue weighted by atomic mass is 79.9. The minimum atomic E-state index is -4.40. The number of aliphatic carboxylic acids is 1. The number of carbonyl (C=O) groups is 2. The summed E-state index contributed by atoms with van der Waals surface area (Å²) in [5, 5.41) is 26.7. The third-order valence-corrected chi connectivity index (χ3v) is 29.4. The first-order valence-corrected chi connectivity index (χ1v) is 66.9. The van der Waals surface area contributed by atoms with Gasteiger partial charge in [0.25, 0.3) is 19.0 Å². The van der Waals surface area contributed by atoms with E-state index in [1.54, 1.807) is 0 Å². The van der Waals surface area contributed by atoms with E-state index in [1.807, 2.05) is 0 Å². The summed E-state index contributed by atoms with van der Waals surface area (Å²) >= 11 is 3.47. The Kier molecular flexibility index (Phi) is 149. The Bertz CT molecular complexity index is 3630. The van der Waals surface area contributed by atoms with Gasteiger partial charge in [-0.1, -0.05) is 494 Å². The SMILES string of the molecule is CC/C=C\C/C=C\C/C=C\CCCCCCCC(=O)O.CC/C=C\C/C=C\C/C=C\CCCCCCCCBr.CC/C=C\C/C=C\C/C=C\CCCCCCCCC(=O)CCCCCCCC/C=C\C/C=C\CCCCC.CC/C=C\C/C=C\C/C=C\CCCCCCCCO.CC/C=C\C/C=C\C/C=C\CCCCCCCCOS(C)(=O)=O.CCCCC/C=C\C/C=C\CCCCCCCCC#N.CS(=O)(=O)S(=O)(=O)Cl. The molecule has 0 aliphatic heterocycles. The first-order chi connectivity index (χ1) is 71.6. The largest absolute Gasteiger partial charge is 0.481 e. The number of hydrogen-bond donors (Lipinski definition) is 2. The number of carboxylic acid groups (broad SMARTS) is 1. The standard InChI is InChI=1S/C37H64O.C19H33N.C19H34O3S.C18H31Br.C18H30O2.C18H32O.CH3ClO4S2/c1-3-5-7-9-11-13-15-17-19-21-23-25-27-29-31-33-35-37(38)36-34-32-30-28-26-24-22-20-18-16-14-12-10-8-6-4-2;1-2-3-4-5-6-7-8-9-10-11-12-13-14-15-16-17-18-19-20;1-3-4-5-6-7-8-9-10-11-12-13-14-15-16-17-18-19-22-23(2,20)21;1-2-3-4-5-6-7-8-9-10-11-12-13-14-15-16-17-18-19;1-2-3-4-5-6-7-8-9-10-11-12-13-14-15-16-17-18(19)20;1-2-3-4-5-6-7-8-9-10-11-12-13-14-15-16-17-18-19;1-7(3,4)8(2,5)6/h5,7,11-14,17-20H,3-4,6,8-10,15-16,21-36H2,1-2H3;6-7,9-10H,2-5,8,11-18H2,1H3;4-5,7-8,10-11H,3,6,9,12-19H2,1-2H3;3-4,6-7,9-10H,2,5,8,11-18H2,1H3;3-4,6-7,9-10H,2,5,8,11-17H2,1H3,(H,19,20);3-4,6-7,9-10,19H,2,5,8,11-18H2,1H3;1H3/b7-5-,13-11-,14-12-,19-17-,20-18-;7-6-,10-9-;5-4-,8-7-,11-10-;3*4-3-,7-6-,10-9-;. The van der Waals surface area contributed by atoms with Crippen LogP contribution in [0.2, 0.25) is 0 Å². The van der Waals surface area contributed by atoms with Crippen molar-refractivity contribution in [2.24, 2.45) is 0 Å². The molecule has 0 saturated heterocycles. The highest BCUT2D eigenvalue weighted by Crippen LogP contribution is 2.18. The number of nitrogens with zero attached hydrogens (tertiary/aromatic N) is 1. The molecule has 0 spiro atoms. The second-order valence-electron chi connectivity index (χ2n) is 38.0. The van der Waals surface area contributed by atoms with Crippen LogP contribution in [-0.2, 0) is 40.8 Å². The van der Waals surface area contributed by atoms with E-state index in [2.05, 4.69) is 312 Å². The Morgan fingerprint density at radius 1 is 0.265 bits per heavy atom. The Hall–Kier alpha value is -5.77. The molecule has 0 aliphatic rings. The van der Waals surface area contributed by atoms with Gasteiger partial charge < -0.3 is 10.2 Å². The van der Waals surface area contributed by atoms with Crippen molar-refractivity contribution in [1.29, 1.82) is 5.26 Å². The van der Waals surface area contributed by atoms with Crippen LogP contribution in [0.25, 0.3) is 0 Å². The summed E-state index contributed by atoms with van der Waals surface area (Å²) in [5.74, 6) is -0.179. The van der Waals surface area contributed by atoms with Crippen molar-refractivity contribution in [2.45, 2.75) is 543 Å². The quantitative estimate of drug-likeness (QED) is 0.0145. The lowest BCUT2D eigenvalue weighted by atomic mass is 10.0. The van der Waals surface area contributed by atoms with Gasteiger partial charge in [0.1, 0.15) is 5.78 Å². The molecule has 0 amide bonds. The molecule has 850 valence electrons. The predicted octanol–water partition coefficient (Wildman–Crippen LogP) is 42.7. The molecule has 0 bridgehead atoms. The maximum Gasteiger partial charge on any atom is 0.337 e. The van der Waals surface area contributed by atoms with Crippen molar-refractivity contribution in [1.82, 2.24) is 0 Å². The molecule has 0 rings (SSSR count). The lowest BCUT2D eigenvalue weighted by Gasteiger charge is -2.03. The van der Waals surface area contributed by atoms with Crippen molar-refractivity contribution >= 4 is 65.4 Å². The monoisotopic (exact) mass is 2190 g/mol. The number of aliphatic hydroxyl groups is 1. The number of Topliss-reactive ketones (excluding diaryl/α,β-unsaturated/α-hetero) is 1. The molecule has 0 aromatic rings. The molecule has 0 saturated carbocycles. The van der Waals surface area contributed by atoms with Gasteiger partial charge in [-0.25, -0.2) is 8.42 Å². The van der Waals surface area contributed by atoms with Crippen LogP contribution in [-0.4, -0.2) is 78.3 Å². The summed E-state index contributed by atoms with van der Waals surface area (Å²) in [6, 6.07) is 2.20. The van der Waals surface area contributed by atoms with Crippen LogP contribution in [0.3, 0.4) is 0 Å². The fraction of sp³-hybridized carbons (Fsp3) is 0.685. The van der Waals surface area contributed by atoms with Crippen molar-refractivity contribution in [3.8, 4) is 6.07 Å². The van der Waals surface area contributed by atoms with E-state index >= 15 is 0 Å². The Labute approximate surface area is 923 Å². The maximum atomic E-state index is 12.1. The highest BCUT2D eigenvalue weighted by molar-refractivity contribution is 9.09. The third-order valence-electron chi connectivity index (χ3n) is 23.3. The lowest BCUT2D eigenvalue weighted by Crippen LogP contribution is -2.04. The Morgan fingerprint density at radius 2 is 0.449 bits per heavy atom. The molecule has 0 atom stereocenters. The lowest BCUT2D eigenvalue weighted by molar-refractivity contribution is -0.137. The van der Waals surface area contributed by atoms with Crippen LogP contribution in [0, 0.1) is 11.3 Å². The average Bonchev–Trinajstić information content (AvgIpc) is 0.870. The molecule has 0 aromatic carbocycles. The number of nitriles is 1. The van der Waals surface area contributed by atoms with E-state index in [-0.39, 0.29) is 0 Å². The van der Waals surface area contributed by atoms with E-state index in [1.165, 1.54) is 283 Å². The summed E-state index contributed by atoms with van der Waals surface area (Å²) < 4.78 is 65.7. The molecule has 12 nitrogen and oxygen atoms in total. The van der Waals surface area contributed by atoms with Gasteiger partial charge in [0.2, 0.25) is 0 Å². The van der Waals surface area contributed by atoms with Crippen LogP contribution < -0.4 is 0 Å². The van der Waals surface area contributed by atoms with Crippen LogP contribution in [0.15, 0.2) is 231 Å². The van der Waals surface area contributed by atoms with Gasteiger partial charge >= 0.3 is 14.1 Å². The van der Waals surface area contributed by atoms with Crippen LogP contribution >= 0.6 is 26.6 Å². The molecule has 17 heteroatoms. The average molecular weight is 2190 g/mol. The Morgan fingerprint density at radius 3 is 0.646 bits per heavy atom. The maximum absolute atomic E-state index is 12.1. The van der Waals surface area contributed by atoms with Crippen LogP contribution in [0.4, 0.5) is 0 Å². The minimum absolute atomic E-state index is 0.319. The molecule has 0 radical (unpaired) electrons. The predicted molar refractivity (Wildman–Crippen MR) is 658 cm³/mol.